The highest BCUT2D eigenvalue weighted by Gasteiger charge is 2.41. The van der Waals surface area contributed by atoms with Gasteiger partial charge >= 0.3 is 5.97 Å². The van der Waals surface area contributed by atoms with Crippen molar-refractivity contribution in [3.63, 3.8) is 0 Å². The Morgan fingerprint density at radius 1 is 1.22 bits per heavy atom. The van der Waals surface area contributed by atoms with Gasteiger partial charge in [0.05, 0.1) is 29.2 Å². The van der Waals surface area contributed by atoms with Crippen molar-refractivity contribution >= 4 is 51.8 Å². The lowest BCUT2D eigenvalue weighted by Gasteiger charge is -2.39. The van der Waals surface area contributed by atoms with Gasteiger partial charge in [0.15, 0.2) is 0 Å². The third-order valence-corrected chi connectivity index (χ3v) is 8.86. The number of likely N-dealkylation sites (tertiary alicyclic amines) is 1. The van der Waals surface area contributed by atoms with E-state index in [1.54, 1.807) is 18.9 Å². The van der Waals surface area contributed by atoms with E-state index >= 15 is 0 Å². The van der Waals surface area contributed by atoms with E-state index in [2.05, 4.69) is 16.0 Å². The third kappa shape index (κ3) is 6.89. The van der Waals surface area contributed by atoms with Crippen molar-refractivity contribution in [2.75, 3.05) is 32.5 Å². The first-order valence-corrected chi connectivity index (χ1v) is 14.2. The minimum absolute atomic E-state index is 0.304. The number of carboxylic acids is 1. The number of nitrogens with zero attached hydrogens (tertiary/aromatic N) is 2. The number of pyridine rings is 1. The largest absolute Gasteiger partial charge is 0.497 e. The number of hydrogen-bond donors (Lipinski definition) is 2. The van der Waals surface area contributed by atoms with Crippen molar-refractivity contribution in [2.45, 2.75) is 43.1 Å². The number of carbonyl (C=O) groups is 1. The average Bonchev–Trinajstić information content (AvgIpc) is 2.90. The highest BCUT2D eigenvalue weighted by atomic mass is 35.5. The molecule has 0 bridgehead atoms. The van der Waals surface area contributed by atoms with Crippen LogP contribution in [-0.4, -0.2) is 58.6 Å². The van der Waals surface area contributed by atoms with Crippen LogP contribution in [-0.2, 0) is 4.79 Å². The first-order chi connectivity index (χ1) is 17.8. The summed E-state index contributed by atoms with van der Waals surface area (Å²) in [4.78, 5) is 20.2. The summed E-state index contributed by atoms with van der Waals surface area (Å²) < 4.78 is 5.33. The molecule has 198 valence electrons. The highest BCUT2D eigenvalue weighted by molar-refractivity contribution is 7.99. The van der Waals surface area contributed by atoms with Gasteiger partial charge < -0.3 is 19.8 Å². The topological polar surface area (TPSA) is 82.9 Å². The number of rotatable bonds is 11. The fourth-order valence-electron chi connectivity index (χ4n) is 5.00. The van der Waals surface area contributed by atoms with Crippen molar-refractivity contribution in [3.8, 4) is 5.75 Å². The van der Waals surface area contributed by atoms with E-state index in [4.69, 9.17) is 27.9 Å². The molecule has 1 aliphatic heterocycles. The van der Waals surface area contributed by atoms with Crippen LogP contribution in [0.5, 0.6) is 5.75 Å². The van der Waals surface area contributed by atoms with Gasteiger partial charge in [0.1, 0.15) is 5.75 Å². The van der Waals surface area contributed by atoms with Gasteiger partial charge in [0, 0.05) is 27.1 Å². The Balaban J connectivity index is 1.33. The van der Waals surface area contributed by atoms with Gasteiger partial charge in [-0.2, -0.15) is 0 Å². The number of aliphatic hydroxyl groups excluding tert-OH is 1. The second-order valence-electron chi connectivity index (χ2n) is 9.54. The molecule has 0 spiro atoms. The Morgan fingerprint density at radius 2 is 2.00 bits per heavy atom. The van der Waals surface area contributed by atoms with Crippen LogP contribution in [0.2, 0.25) is 10.0 Å². The van der Waals surface area contributed by atoms with Crippen LogP contribution in [0.1, 0.15) is 43.8 Å². The number of methoxy groups -OCH3 is 1. The molecule has 1 fully saturated rings. The first-order valence-electron chi connectivity index (χ1n) is 12.5. The van der Waals surface area contributed by atoms with Crippen LogP contribution in [0.25, 0.3) is 10.9 Å². The quantitative estimate of drug-likeness (QED) is 0.198. The predicted octanol–water partition coefficient (Wildman–Crippen LogP) is 6.71. The Morgan fingerprint density at radius 3 is 2.70 bits per heavy atom. The van der Waals surface area contributed by atoms with Gasteiger partial charge in [-0.3, -0.25) is 9.78 Å². The second-order valence-corrected chi connectivity index (χ2v) is 11.6. The van der Waals surface area contributed by atoms with Crippen LogP contribution in [0.3, 0.4) is 0 Å². The molecule has 1 atom stereocenters. The molecule has 2 aromatic carbocycles. The zero-order chi connectivity index (χ0) is 26.4. The monoisotopic (exact) mass is 562 g/mol. The Kier molecular flexibility index (Phi) is 9.59. The van der Waals surface area contributed by atoms with E-state index in [1.165, 1.54) is 6.20 Å². The average molecular weight is 564 g/mol. The lowest BCUT2D eigenvalue weighted by molar-refractivity contribution is -0.153. The number of hydrogen-bond acceptors (Lipinski definition) is 6. The molecule has 0 amide bonds. The van der Waals surface area contributed by atoms with Crippen molar-refractivity contribution in [1.82, 2.24) is 9.88 Å². The van der Waals surface area contributed by atoms with E-state index < -0.39 is 17.5 Å². The number of ether oxygens (including phenoxy) is 1. The zero-order valence-electron chi connectivity index (χ0n) is 20.8. The molecule has 0 radical (unpaired) electrons. The molecule has 1 saturated heterocycles. The van der Waals surface area contributed by atoms with Gasteiger partial charge in [-0.05, 0) is 93.9 Å². The highest BCUT2D eigenvalue weighted by Crippen LogP contribution is 2.41. The molecule has 6 nitrogen and oxygen atoms in total. The summed E-state index contributed by atoms with van der Waals surface area (Å²) in [5.74, 6) is 0.840. The van der Waals surface area contributed by atoms with Crippen LogP contribution >= 0.6 is 35.0 Å². The summed E-state index contributed by atoms with van der Waals surface area (Å²) in [6, 6.07) is 13.3. The molecule has 0 unspecified atom stereocenters. The molecule has 0 aliphatic carbocycles. The summed E-state index contributed by atoms with van der Waals surface area (Å²) in [5.41, 5.74) is 0.426. The van der Waals surface area contributed by atoms with Crippen molar-refractivity contribution < 1.29 is 19.7 Å². The van der Waals surface area contributed by atoms with E-state index in [0.29, 0.717) is 52.9 Å². The lowest BCUT2D eigenvalue weighted by Crippen LogP contribution is -2.44. The third-order valence-electron chi connectivity index (χ3n) is 7.25. The zero-order valence-corrected chi connectivity index (χ0v) is 23.2. The van der Waals surface area contributed by atoms with Crippen LogP contribution in [0, 0.1) is 5.41 Å². The molecule has 1 aliphatic rings. The molecule has 1 aromatic heterocycles. The molecule has 2 N–H and O–H groups in total. The second kappa shape index (κ2) is 12.7. The standard InChI is InChI=1S/C28H32Cl2N2O4S/c1-36-20-6-7-24-22(17-20)26(23(30)18-31-24)25(33)8-9-28(27(34)35)10-13-32(14-11-28)12-3-15-37-21-5-2-4-19(29)16-21/h2,4-7,16-18,25,33H,3,8-15H2,1H3,(H,34,35)/t25-/m0/s1. The van der Waals surface area contributed by atoms with Crippen molar-refractivity contribution in [1.29, 1.82) is 0 Å². The molecular formula is C28H32Cl2N2O4S. The number of benzene rings is 2. The van der Waals surface area contributed by atoms with E-state index in [9.17, 15) is 15.0 Å². The predicted molar refractivity (Wildman–Crippen MR) is 150 cm³/mol. The van der Waals surface area contributed by atoms with Gasteiger partial charge in [0.2, 0.25) is 0 Å². The normalized spacial score (nSPS) is 16.5. The number of aromatic nitrogens is 1. The Labute approximate surface area is 231 Å². The number of thioether (sulfide) groups is 1. The fourth-order valence-corrected chi connectivity index (χ4v) is 6.43. The van der Waals surface area contributed by atoms with Crippen molar-refractivity contribution in [3.05, 3.63) is 64.3 Å². The van der Waals surface area contributed by atoms with Gasteiger partial charge in [-0.15, -0.1) is 11.8 Å². The number of carboxylic acid groups (broad SMARTS) is 1. The van der Waals surface area contributed by atoms with E-state index in [-0.39, 0.29) is 0 Å². The summed E-state index contributed by atoms with van der Waals surface area (Å²) in [5, 5.41) is 23.1. The number of aliphatic carboxylic acids is 1. The molecule has 4 rings (SSSR count). The minimum Gasteiger partial charge on any atom is -0.497 e. The molecule has 3 aromatic rings. The van der Waals surface area contributed by atoms with Gasteiger partial charge in [-0.25, -0.2) is 0 Å². The number of aliphatic hydroxyl groups is 1. The fraction of sp³-hybridized carbons (Fsp3) is 0.429. The molecule has 0 saturated carbocycles. The maximum atomic E-state index is 12.4. The summed E-state index contributed by atoms with van der Waals surface area (Å²) >= 11 is 14.3. The maximum Gasteiger partial charge on any atom is 0.309 e. The van der Waals surface area contributed by atoms with Crippen LogP contribution in [0.15, 0.2) is 53.6 Å². The summed E-state index contributed by atoms with van der Waals surface area (Å²) in [6.07, 6.45) is 3.47. The number of halogens is 2. The van der Waals surface area contributed by atoms with E-state index in [1.807, 2.05) is 36.4 Å². The maximum absolute atomic E-state index is 12.4. The number of piperidine rings is 1. The Hall–Kier alpha value is -2.03. The van der Waals surface area contributed by atoms with Crippen LogP contribution < -0.4 is 4.74 Å². The Bertz CT molecular complexity index is 1230. The summed E-state index contributed by atoms with van der Waals surface area (Å²) in [6.45, 7) is 2.41. The first kappa shape index (κ1) is 28.0. The van der Waals surface area contributed by atoms with Gasteiger partial charge in [-0.1, -0.05) is 29.3 Å². The molecule has 2 heterocycles. The molecule has 9 heteroatoms. The van der Waals surface area contributed by atoms with Crippen LogP contribution in [0.4, 0.5) is 0 Å². The van der Waals surface area contributed by atoms with Crippen molar-refractivity contribution in [2.24, 2.45) is 5.41 Å². The SMILES string of the molecule is COc1ccc2ncc(Cl)c([C@@H](O)CCC3(C(=O)O)CCN(CCCSc4cccc(Cl)c4)CC3)c2c1. The molecule has 37 heavy (non-hydrogen) atoms. The van der Waals surface area contributed by atoms with E-state index in [0.717, 1.165) is 41.7 Å². The smallest absolute Gasteiger partial charge is 0.309 e. The van der Waals surface area contributed by atoms with Gasteiger partial charge in [0.25, 0.3) is 0 Å². The number of fused-ring (bicyclic) bond motifs is 1. The minimum atomic E-state index is -0.900. The summed E-state index contributed by atoms with van der Waals surface area (Å²) in [7, 11) is 1.58. The molecular weight excluding hydrogens is 531 g/mol. The lowest BCUT2D eigenvalue weighted by atomic mass is 9.74.